The second-order valence-electron chi connectivity index (χ2n) is 5.11. The Morgan fingerprint density at radius 2 is 1.22 bits per heavy atom. The average Bonchev–Trinajstić information content (AvgIpc) is 2.24. The molecule has 0 heterocycles. The van der Waals surface area contributed by atoms with Gasteiger partial charge in [0.05, 0.1) is 11.9 Å². The van der Waals surface area contributed by atoms with E-state index < -0.39 is 10.1 Å². The zero-order valence-electron chi connectivity index (χ0n) is 11.5. The first-order chi connectivity index (χ1) is 8.42. The third-order valence-corrected chi connectivity index (χ3v) is 3.83. The molecular formula is C13H28O4S. The van der Waals surface area contributed by atoms with Gasteiger partial charge in [0.25, 0.3) is 10.1 Å². The van der Waals surface area contributed by atoms with E-state index in [0.29, 0.717) is 6.42 Å². The molecule has 4 nitrogen and oxygen atoms in total. The first kappa shape index (κ1) is 17.9. The van der Waals surface area contributed by atoms with Crippen LogP contribution in [0.15, 0.2) is 0 Å². The van der Waals surface area contributed by atoms with Crippen LogP contribution < -0.4 is 0 Å². The molecule has 0 aromatic heterocycles. The molecule has 18 heavy (non-hydrogen) atoms. The molecule has 0 rings (SSSR count). The fourth-order valence-electron chi connectivity index (χ4n) is 1.96. The maximum Gasteiger partial charge on any atom is 0.264 e. The quantitative estimate of drug-likeness (QED) is 0.425. The fourth-order valence-corrected chi connectivity index (χ4v) is 2.53. The minimum Gasteiger partial charge on any atom is -0.393 e. The third-order valence-electron chi connectivity index (χ3n) is 3.02. The summed E-state index contributed by atoms with van der Waals surface area (Å²) in [5.74, 6) is -0.105. The molecule has 2 N–H and O–H groups in total. The van der Waals surface area contributed by atoms with Gasteiger partial charge in [-0.25, -0.2) is 0 Å². The van der Waals surface area contributed by atoms with Crippen LogP contribution in [-0.2, 0) is 10.1 Å². The summed E-state index contributed by atoms with van der Waals surface area (Å²) >= 11 is 0. The first-order valence-electron chi connectivity index (χ1n) is 7.05. The van der Waals surface area contributed by atoms with Gasteiger partial charge < -0.3 is 5.11 Å². The summed E-state index contributed by atoms with van der Waals surface area (Å²) in [6, 6.07) is 0. The van der Waals surface area contributed by atoms with E-state index in [0.717, 1.165) is 32.1 Å². The molecule has 0 aliphatic carbocycles. The molecule has 0 aliphatic rings. The topological polar surface area (TPSA) is 74.6 Å². The molecular weight excluding hydrogens is 252 g/mol. The SMILES string of the molecule is CC(O)CCCCCCCCCCCS(=O)(=O)O. The molecule has 0 aliphatic heterocycles. The second-order valence-corrected chi connectivity index (χ2v) is 6.68. The van der Waals surface area contributed by atoms with Gasteiger partial charge in [0.1, 0.15) is 0 Å². The van der Waals surface area contributed by atoms with Crippen LogP contribution in [-0.4, -0.2) is 29.9 Å². The van der Waals surface area contributed by atoms with Crippen molar-refractivity contribution in [3.8, 4) is 0 Å². The highest BCUT2D eigenvalue weighted by Gasteiger charge is 2.02. The Balaban J connectivity index is 3.08. The zero-order chi connectivity index (χ0) is 13.9. The van der Waals surface area contributed by atoms with Crippen LogP contribution in [0.2, 0.25) is 0 Å². The molecule has 0 bridgehead atoms. The van der Waals surface area contributed by atoms with Gasteiger partial charge >= 0.3 is 0 Å². The van der Waals surface area contributed by atoms with Crippen molar-refractivity contribution in [3.05, 3.63) is 0 Å². The van der Waals surface area contributed by atoms with Crippen LogP contribution in [0.1, 0.15) is 71.1 Å². The summed E-state index contributed by atoms with van der Waals surface area (Å²) in [4.78, 5) is 0. The van der Waals surface area contributed by atoms with Crippen molar-refractivity contribution in [1.29, 1.82) is 0 Å². The molecule has 0 spiro atoms. The van der Waals surface area contributed by atoms with E-state index in [1.807, 2.05) is 6.92 Å². The molecule has 1 unspecified atom stereocenters. The van der Waals surface area contributed by atoms with E-state index in [1.54, 1.807) is 0 Å². The lowest BCUT2D eigenvalue weighted by atomic mass is 10.1. The molecule has 1 atom stereocenters. The molecule has 0 amide bonds. The van der Waals surface area contributed by atoms with Gasteiger partial charge in [-0.3, -0.25) is 4.55 Å². The Labute approximate surface area is 112 Å². The smallest absolute Gasteiger partial charge is 0.264 e. The second kappa shape index (κ2) is 10.8. The predicted molar refractivity (Wildman–Crippen MR) is 74.3 cm³/mol. The van der Waals surface area contributed by atoms with Crippen molar-refractivity contribution in [1.82, 2.24) is 0 Å². The Kier molecular flexibility index (Phi) is 10.7. The Morgan fingerprint density at radius 1 is 0.833 bits per heavy atom. The minimum absolute atomic E-state index is 0.105. The summed E-state index contributed by atoms with van der Waals surface area (Å²) in [7, 11) is -3.76. The van der Waals surface area contributed by atoms with E-state index in [4.69, 9.17) is 9.66 Å². The molecule has 0 saturated carbocycles. The average molecular weight is 280 g/mol. The first-order valence-corrected chi connectivity index (χ1v) is 8.66. The highest BCUT2D eigenvalue weighted by molar-refractivity contribution is 7.85. The number of rotatable bonds is 12. The summed E-state index contributed by atoms with van der Waals surface area (Å²) in [5, 5.41) is 9.07. The molecule has 110 valence electrons. The largest absolute Gasteiger partial charge is 0.393 e. The summed E-state index contributed by atoms with van der Waals surface area (Å²) in [6.45, 7) is 1.83. The van der Waals surface area contributed by atoms with E-state index in [9.17, 15) is 8.42 Å². The van der Waals surface area contributed by atoms with Crippen LogP contribution in [0.25, 0.3) is 0 Å². The lowest BCUT2D eigenvalue weighted by Crippen LogP contribution is -2.03. The normalized spacial score (nSPS) is 13.7. The number of unbranched alkanes of at least 4 members (excludes halogenated alkanes) is 8. The van der Waals surface area contributed by atoms with Gasteiger partial charge in [-0.1, -0.05) is 51.4 Å². The van der Waals surface area contributed by atoms with Crippen LogP contribution >= 0.6 is 0 Å². The number of aliphatic hydroxyl groups excluding tert-OH is 1. The van der Waals surface area contributed by atoms with Crippen LogP contribution in [0.3, 0.4) is 0 Å². The van der Waals surface area contributed by atoms with Crippen molar-refractivity contribution in [2.75, 3.05) is 5.75 Å². The van der Waals surface area contributed by atoms with E-state index in [1.165, 1.54) is 25.7 Å². The maximum atomic E-state index is 10.5. The van der Waals surface area contributed by atoms with E-state index in [2.05, 4.69) is 0 Å². The standard InChI is InChI=1S/C13H28O4S/c1-13(14)11-9-7-5-3-2-4-6-8-10-12-18(15,16)17/h13-14H,2-12H2,1H3,(H,15,16,17). The minimum atomic E-state index is -3.76. The van der Waals surface area contributed by atoms with Gasteiger partial charge in [0, 0.05) is 0 Å². The van der Waals surface area contributed by atoms with Crippen molar-refractivity contribution in [2.24, 2.45) is 0 Å². The Hall–Kier alpha value is -0.130. The summed E-state index contributed by atoms with van der Waals surface area (Å²) < 4.78 is 29.4. The zero-order valence-corrected chi connectivity index (χ0v) is 12.3. The summed E-state index contributed by atoms with van der Waals surface area (Å²) in [6.07, 6.45) is 10.3. The highest BCUT2D eigenvalue weighted by atomic mass is 32.2. The van der Waals surface area contributed by atoms with Crippen LogP contribution in [0.4, 0.5) is 0 Å². The monoisotopic (exact) mass is 280 g/mol. The number of aliphatic hydroxyl groups is 1. The van der Waals surface area contributed by atoms with Gasteiger partial charge in [-0.05, 0) is 19.8 Å². The molecule has 0 radical (unpaired) electrons. The van der Waals surface area contributed by atoms with Crippen molar-refractivity contribution >= 4 is 10.1 Å². The van der Waals surface area contributed by atoms with Crippen molar-refractivity contribution in [2.45, 2.75) is 77.2 Å². The highest BCUT2D eigenvalue weighted by Crippen LogP contribution is 2.11. The van der Waals surface area contributed by atoms with Gasteiger partial charge in [0.2, 0.25) is 0 Å². The van der Waals surface area contributed by atoms with Crippen molar-refractivity contribution < 1.29 is 18.1 Å². The van der Waals surface area contributed by atoms with E-state index in [-0.39, 0.29) is 11.9 Å². The lowest BCUT2D eigenvalue weighted by molar-refractivity contribution is 0.180. The Bertz CT molecular complexity index is 273. The molecule has 0 saturated heterocycles. The van der Waals surface area contributed by atoms with Crippen LogP contribution in [0, 0.1) is 0 Å². The fraction of sp³-hybridized carbons (Fsp3) is 1.00. The predicted octanol–water partition coefficient (Wildman–Crippen LogP) is 3.16. The van der Waals surface area contributed by atoms with E-state index >= 15 is 0 Å². The molecule has 0 aromatic rings. The maximum absolute atomic E-state index is 10.5. The van der Waals surface area contributed by atoms with Crippen molar-refractivity contribution in [3.63, 3.8) is 0 Å². The van der Waals surface area contributed by atoms with Gasteiger partial charge in [0.15, 0.2) is 0 Å². The number of hydrogen-bond donors (Lipinski definition) is 2. The van der Waals surface area contributed by atoms with Crippen LogP contribution in [0.5, 0.6) is 0 Å². The molecule has 0 aromatic carbocycles. The number of hydrogen-bond acceptors (Lipinski definition) is 3. The Morgan fingerprint density at radius 3 is 1.61 bits per heavy atom. The van der Waals surface area contributed by atoms with Gasteiger partial charge in [-0.2, -0.15) is 8.42 Å². The summed E-state index contributed by atoms with van der Waals surface area (Å²) in [5.41, 5.74) is 0. The van der Waals surface area contributed by atoms with Gasteiger partial charge in [-0.15, -0.1) is 0 Å². The molecule has 0 fully saturated rings. The third kappa shape index (κ3) is 15.9. The lowest BCUT2D eigenvalue weighted by Gasteiger charge is -2.04. The molecule has 5 heteroatoms.